The molecule has 7 heteroatoms. The van der Waals surface area contributed by atoms with E-state index in [0.717, 1.165) is 6.20 Å². The van der Waals surface area contributed by atoms with Gasteiger partial charge in [0.2, 0.25) is 5.88 Å². The highest BCUT2D eigenvalue weighted by molar-refractivity contribution is 9.10. The average Bonchev–Trinajstić information content (AvgIpc) is 2.40. The molecule has 0 atom stereocenters. The van der Waals surface area contributed by atoms with Crippen LogP contribution in [0.3, 0.4) is 0 Å². The third kappa shape index (κ3) is 2.57. The summed E-state index contributed by atoms with van der Waals surface area (Å²) in [5, 5.41) is 20.4. The highest BCUT2D eigenvalue weighted by atomic mass is 79.9. The monoisotopic (exact) mass is 338 g/mol. The standard InChI is InChI=1S/C13H11BrN2O4/c1-7-9(16(18)19)6-15-13(12(7)14)20-11-5-3-4-10(17)8(11)2/h3-6,17H,1-2H3. The minimum Gasteiger partial charge on any atom is -0.508 e. The number of nitro groups is 1. The molecule has 1 aromatic heterocycles. The van der Waals surface area contributed by atoms with E-state index in [2.05, 4.69) is 20.9 Å². The zero-order valence-electron chi connectivity index (χ0n) is 10.8. The number of phenols is 1. The summed E-state index contributed by atoms with van der Waals surface area (Å²) >= 11 is 3.25. The molecule has 0 aliphatic carbocycles. The molecule has 0 saturated heterocycles. The molecule has 2 rings (SSSR count). The van der Waals surface area contributed by atoms with E-state index in [1.54, 1.807) is 32.0 Å². The minimum absolute atomic E-state index is 0.0862. The smallest absolute Gasteiger partial charge is 0.291 e. The minimum atomic E-state index is -0.504. The number of phenolic OH excluding ortho intramolecular Hbond substituents is 1. The molecule has 1 heterocycles. The molecule has 0 bridgehead atoms. The van der Waals surface area contributed by atoms with Crippen molar-refractivity contribution in [3.05, 3.63) is 50.1 Å². The summed E-state index contributed by atoms with van der Waals surface area (Å²) in [5.74, 6) is 0.755. The van der Waals surface area contributed by atoms with Crippen molar-refractivity contribution in [3.8, 4) is 17.4 Å². The number of halogens is 1. The molecule has 104 valence electrons. The van der Waals surface area contributed by atoms with Crippen molar-refractivity contribution >= 4 is 21.6 Å². The van der Waals surface area contributed by atoms with Gasteiger partial charge in [-0.1, -0.05) is 6.07 Å². The van der Waals surface area contributed by atoms with Crippen LogP contribution in [0.15, 0.2) is 28.9 Å². The van der Waals surface area contributed by atoms with E-state index in [1.807, 2.05) is 0 Å². The molecule has 0 amide bonds. The molecule has 20 heavy (non-hydrogen) atoms. The van der Waals surface area contributed by atoms with Gasteiger partial charge in [0.05, 0.1) is 9.40 Å². The number of rotatable bonds is 3. The number of aromatic nitrogens is 1. The van der Waals surface area contributed by atoms with Crippen molar-refractivity contribution in [2.45, 2.75) is 13.8 Å². The lowest BCUT2D eigenvalue weighted by Gasteiger charge is -2.11. The molecule has 0 saturated carbocycles. The summed E-state index contributed by atoms with van der Waals surface area (Å²) < 4.78 is 6.01. The van der Waals surface area contributed by atoms with Crippen molar-refractivity contribution in [1.82, 2.24) is 4.98 Å². The van der Waals surface area contributed by atoms with Gasteiger partial charge in [0.15, 0.2) is 0 Å². The molecule has 2 aromatic rings. The van der Waals surface area contributed by atoms with Crippen LogP contribution in [-0.4, -0.2) is 15.0 Å². The Morgan fingerprint density at radius 3 is 2.70 bits per heavy atom. The summed E-state index contributed by atoms with van der Waals surface area (Å²) in [6.45, 7) is 3.31. The quantitative estimate of drug-likeness (QED) is 0.678. The fourth-order valence-electron chi connectivity index (χ4n) is 1.62. The first-order chi connectivity index (χ1) is 9.41. The first-order valence-corrected chi connectivity index (χ1v) is 6.47. The summed E-state index contributed by atoms with van der Waals surface area (Å²) in [6, 6.07) is 4.87. The lowest BCUT2D eigenvalue weighted by molar-refractivity contribution is -0.385. The fourth-order valence-corrected chi connectivity index (χ4v) is 2.01. The van der Waals surface area contributed by atoms with Gasteiger partial charge in [-0.05, 0) is 41.9 Å². The molecule has 6 nitrogen and oxygen atoms in total. The maximum Gasteiger partial charge on any atom is 0.291 e. The largest absolute Gasteiger partial charge is 0.508 e. The number of benzene rings is 1. The van der Waals surface area contributed by atoms with Crippen LogP contribution in [0.2, 0.25) is 0 Å². The van der Waals surface area contributed by atoms with Crippen molar-refractivity contribution in [1.29, 1.82) is 0 Å². The van der Waals surface area contributed by atoms with Gasteiger partial charge >= 0.3 is 0 Å². The van der Waals surface area contributed by atoms with E-state index >= 15 is 0 Å². The highest BCUT2D eigenvalue weighted by Gasteiger charge is 2.19. The van der Waals surface area contributed by atoms with Crippen molar-refractivity contribution in [2.75, 3.05) is 0 Å². The number of ether oxygens (including phenoxy) is 1. The van der Waals surface area contributed by atoms with Gasteiger partial charge in [-0.2, -0.15) is 0 Å². The Hall–Kier alpha value is -2.15. The summed E-state index contributed by atoms with van der Waals surface area (Å²) in [7, 11) is 0. The number of nitrogens with zero attached hydrogens (tertiary/aromatic N) is 2. The van der Waals surface area contributed by atoms with Gasteiger partial charge in [0.1, 0.15) is 17.7 Å². The number of hydrogen-bond acceptors (Lipinski definition) is 5. The van der Waals surface area contributed by atoms with E-state index in [-0.39, 0.29) is 17.3 Å². The molecule has 0 aliphatic heterocycles. The van der Waals surface area contributed by atoms with Crippen LogP contribution in [0.25, 0.3) is 0 Å². The summed E-state index contributed by atoms with van der Waals surface area (Å²) in [4.78, 5) is 14.2. The molecule has 0 radical (unpaired) electrons. The Morgan fingerprint density at radius 1 is 1.35 bits per heavy atom. The zero-order chi connectivity index (χ0) is 14.9. The van der Waals surface area contributed by atoms with Crippen LogP contribution in [0.4, 0.5) is 5.69 Å². The van der Waals surface area contributed by atoms with Crippen molar-refractivity contribution < 1.29 is 14.8 Å². The molecular formula is C13H11BrN2O4. The Balaban J connectivity index is 2.42. The Morgan fingerprint density at radius 2 is 2.05 bits per heavy atom. The van der Waals surface area contributed by atoms with Crippen LogP contribution in [0, 0.1) is 24.0 Å². The summed E-state index contributed by atoms with van der Waals surface area (Å²) in [6.07, 6.45) is 1.15. The second-order valence-corrected chi connectivity index (χ2v) is 4.94. The van der Waals surface area contributed by atoms with E-state index in [1.165, 1.54) is 0 Å². The van der Waals surface area contributed by atoms with E-state index < -0.39 is 4.92 Å². The predicted octanol–water partition coefficient (Wildman–Crippen LogP) is 3.87. The van der Waals surface area contributed by atoms with Crippen LogP contribution in [-0.2, 0) is 0 Å². The van der Waals surface area contributed by atoms with E-state index in [9.17, 15) is 15.2 Å². The van der Waals surface area contributed by atoms with Gasteiger partial charge in [-0.3, -0.25) is 10.1 Å². The first kappa shape index (κ1) is 14.3. The first-order valence-electron chi connectivity index (χ1n) is 5.67. The second kappa shape index (κ2) is 5.46. The molecule has 0 spiro atoms. The van der Waals surface area contributed by atoms with Crippen LogP contribution in [0.5, 0.6) is 17.4 Å². The number of hydrogen-bond donors (Lipinski definition) is 1. The third-order valence-electron chi connectivity index (χ3n) is 2.86. The van der Waals surface area contributed by atoms with Gasteiger partial charge in [-0.25, -0.2) is 4.98 Å². The Bertz CT molecular complexity index is 688. The van der Waals surface area contributed by atoms with Gasteiger partial charge in [-0.15, -0.1) is 0 Å². The maximum atomic E-state index is 10.8. The second-order valence-electron chi connectivity index (χ2n) is 4.15. The van der Waals surface area contributed by atoms with Gasteiger partial charge in [0.25, 0.3) is 5.69 Å². The van der Waals surface area contributed by atoms with E-state index in [4.69, 9.17) is 4.74 Å². The van der Waals surface area contributed by atoms with Crippen molar-refractivity contribution in [2.24, 2.45) is 0 Å². The van der Waals surface area contributed by atoms with Crippen LogP contribution in [0.1, 0.15) is 11.1 Å². The molecule has 1 aromatic carbocycles. The Kier molecular flexibility index (Phi) is 3.89. The predicted molar refractivity (Wildman–Crippen MR) is 76.2 cm³/mol. The normalized spacial score (nSPS) is 10.3. The van der Waals surface area contributed by atoms with Gasteiger partial charge in [0, 0.05) is 11.1 Å². The molecule has 0 aliphatic rings. The fraction of sp³-hybridized carbons (Fsp3) is 0.154. The van der Waals surface area contributed by atoms with Crippen molar-refractivity contribution in [3.63, 3.8) is 0 Å². The third-order valence-corrected chi connectivity index (χ3v) is 3.80. The lowest BCUT2D eigenvalue weighted by Crippen LogP contribution is -1.98. The topological polar surface area (TPSA) is 85.5 Å². The number of aromatic hydroxyl groups is 1. The SMILES string of the molecule is Cc1c(O)cccc1Oc1ncc([N+](=O)[O-])c(C)c1Br. The zero-order valence-corrected chi connectivity index (χ0v) is 12.3. The number of pyridine rings is 1. The van der Waals surface area contributed by atoms with Gasteiger partial charge < -0.3 is 9.84 Å². The Labute approximate surface area is 123 Å². The maximum absolute atomic E-state index is 10.8. The van der Waals surface area contributed by atoms with Crippen LogP contribution < -0.4 is 4.74 Å². The molecule has 0 unspecified atom stereocenters. The highest BCUT2D eigenvalue weighted by Crippen LogP contribution is 2.36. The molecule has 0 fully saturated rings. The van der Waals surface area contributed by atoms with Crippen LogP contribution >= 0.6 is 15.9 Å². The average molecular weight is 339 g/mol. The van der Waals surface area contributed by atoms with E-state index in [0.29, 0.717) is 21.3 Å². The summed E-state index contributed by atoms with van der Waals surface area (Å²) in [5.41, 5.74) is 0.909. The molecule has 1 N–H and O–H groups in total. The molecular weight excluding hydrogens is 328 g/mol. The lowest BCUT2D eigenvalue weighted by atomic mass is 10.2.